The molecule has 64 heavy (non-hydrogen) atoms. The van der Waals surface area contributed by atoms with Gasteiger partial charge in [-0.15, -0.1) is 0 Å². The first-order chi connectivity index (χ1) is 29.6. The van der Waals surface area contributed by atoms with E-state index in [2.05, 4.69) is 222 Å². The maximum absolute atomic E-state index is 7.32. The second kappa shape index (κ2) is 19.7. The SMILES string of the molecule is C/C=C\C1=C/CN(C(/C=C\CC(C)(C)C)=C/CC(C)(C)C)c2c(oc3cc4c(cc23)C2(C)CCC4(C)CC2)[B]C(/C=C\CC(C)C)=C(/C)N1C/C=C(\C(=C/CC)C(C)(C)C)C(C)(C)C. The van der Waals surface area contributed by atoms with Crippen LogP contribution in [0.3, 0.4) is 0 Å². The lowest BCUT2D eigenvalue weighted by Gasteiger charge is -2.52. The quantitative estimate of drug-likeness (QED) is 0.157. The molecule has 3 aliphatic carbocycles. The minimum Gasteiger partial charge on any atom is -0.469 e. The molecule has 349 valence electrons. The van der Waals surface area contributed by atoms with Crippen molar-refractivity contribution in [2.75, 3.05) is 18.0 Å². The molecule has 1 aromatic carbocycles. The summed E-state index contributed by atoms with van der Waals surface area (Å²) >= 11 is 0. The number of anilines is 1. The molecule has 0 atom stereocenters. The van der Waals surface area contributed by atoms with Crippen LogP contribution >= 0.6 is 0 Å². The second-order valence-corrected chi connectivity index (χ2v) is 25.1. The van der Waals surface area contributed by atoms with Crippen molar-refractivity contribution in [3.63, 3.8) is 0 Å². The summed E-state index contributed by atoms with van der Waals surface area (Å²) in [4.78, 5) is 5.15. The van der Waals surface area contributed by atoms with E-state index in [9.17, 15) is 0 Å². The van der Waals surface area contributed by atoms with Crippen molar-refractivity contribution in [3.8, 4) is 0 Å². The van der Waals surface area contributed by atoms with E-state index in [-0.39, 0.29) is 32.5 Å². The van der Waals surface area contributed by atoms with E-state index in [1.807, 2.05) is 0 Å². The molecule has 3 nitrogen and oxygen atoms in total. The van der Waals surface area contributed by atoms with Crippen molar-refractivity contribution < 1.29 is 4.42 Å². The zero-order valence-electron chi connectivity index (χ0n) is 44.5. The Hall–Kier alpha value is -3.66. The molecule has 2 heterocycles. The number of rotatable bonds is 12. The Kier molecular flexibility index (Phi) is 15.8. The molecule has 1 fully saturated rings. The largest absolute Gasteiger partial charge is 0.469 e. The smallest absolute Gasteiger partial charge is 0.246 e. The fourth-order valence-electron chi connectivity index (χ4n) is 10.1. The summed E-state index contributed by atoms with van der Waals surface area (Å²) in [6.07, 6.45) is 33.0. The summed E-state index contributed by atoms with van der Waals surface area (Å²) in [6.45, 7) is 46.1. The number of hydrogen-bond acceptors (Lipinski definition) is 3. The summed E-state index contributed by atoms with van der Waals surface area (Å²) in [7, 11) is 2.38. The maximum atomic E-state index is 7.32. The lowest BCUT2D eigenvalue weighted by molar-refractivity contribution is 0.188. The molecule has 1 aliphatic heterocycles. The van der Waals surface area contributed by atoms with Gasteiger partial charge in [0.05, 0.1) is 11.3 Å². The molecule has 6 rings (SSSR count). The highest BCUT2D eigenvalue weighted by atomic mass is 16.3. The van der Waals surface area contributed by atoms with E-state index >= 15 is 0 Å². The molecule has 4 aliphatic rings. The Bertz CT molecular complexity index is 2220. The predicted molar refractivity (Wildman–Crippen MR) is 284 cm³/mol. The summed E-state index contributed by atoms with van der Waals surface area (Å²) < 4.78 is 7.32. The Labute approximate surface area is 394 Å². The Balaban J connectivity index is 1.89. The molecule has 1 saturated carbocycles. The maximum Gasteiger partial charge on any atom is 0.246 e. The van der Waals surface area contributed by atoms with Crippen LogP contribution < -0.4 is 10.6 Å². The number of furan rings is 1. The van der Waals surface area contributed by atoms with Crippen LogP contribution in [0, 0.1) is 27.6 Å². The summed E-state index contributed by atoms with van der Waals surface area (Å²) in [5, 5.41) is 1.23. The van der Waals surface area contributed by atoms with Crippen molar-refractivity contribution in [2.45, 2.75) is 194 Å². The van der Waals surface area contributed by atoms with Crippen molar-refractivity contribution >= 4 is 29.6 Å². The highest BCUT2D eigenvalue weighted by molar-refractivity contribution is 6.63. The molecule has 0 N–H and O–H groups in total. The minimum absolute atomic E-state index is 0.0221. The van der Waals surface area contributed by atoms with Gasteiger partial charge in [-0.25, -0.2) is 0 Å². The van der Waals surface area contributed by atoms with E-state index in [0.29, 0.717) is 12.5 Å². The molecule has 2 aromatic rings. The predicted octanol–water partition coefficient (Wildman–Crippen LogP) is 16.9. The molecule has 0 saturated heterocycles. The van der Waals surface area contributed by atoms with Gasteiger partial charge in [0.2, 0.25) is 7.28 Å². The highest BCUT2D eigenvalue weighted by Gasteiger charge is 2.48. The van der Waals surface area contributed by atoms with Crippen molar-refractivity contribution in [1.82, 2.24) is 4.90 Å². The lowest BCUT2D eigenvalue weighted by Crippen LogP contribution is -2.44. The van der Waals surface area contributed by atoms with Gasteiger partial charge in [-0.05, 0) is 156 Å². The first-order valence-corrected chi connectivity index (χ1v) is 25.1. The molecule has 2 bridgehead atoms. The van der Waals surface area contributed by atoms with Gasteiger partial charge in [0, 0.05) is 35.6 Å². The van der Waals surface area contributed by atoms with Crippen LogP contribution in [0.2, 0.25) is 0 Å². The normalized spacial score (nSPS) is 24.4. The van der Waals surface area contributed by atoms with Gasteiger partial charge < -0.3 is 14.2 Å². The first kappa shape index (κ1) is 51.3. The van der Waals surface area contributed by atoms with Crippen LogP contribution in [-0.4, -0.2) is 25.3 Å². The van der Waals surface area contributed by atoms with E-state index in [1.54, 1.807) is 0 Å². The summed E-state index contributed by atoms with van der Waals surface area (Å²) in [6, 6.07) is 5.03. The summed E-state index contributed by atoms with van der Waals surface area (Å²) in [5.41, 5.74) is 14.5. The van der Waals surface area contributed by atoms with Crippen LogP contribution in [0.4, 0.5) is 5.69 Å². The van der Waals surface area contributed by atoms with Crippen LogP contribution in [-0.2, 0) is 10.8 Å². The van der Waals surface area contributed by atoms with Gasteiger partial charge in [0.25, 0.3) is 0 Å². The third-order valence-corrected chi connectivity index (χ3v) is 14.0. The van der Waals surface area contributed by atoms with Gasteiger partial charge >= 0.3 is 0 Å². The summed E-state index contributed by atoms with van der Waals surface area (Å²) in [5.74, 6) is 0.557. The highest BCUT2D eigenvalue weighted by Crippen LogP contribution is 2.57. The van der Waals surface area contributed by atoms with Gasteiger partial charge in [-0.1, -0.05) is 166 Å². The average molecular weight is 866 g/mol. The van der Waals surface area contributed by atoms with Crippen LogP contribution in [0.15, 0.2) is 111 Å². The van der Waals surface area contributed by atoms with Crippen molar-refractivity contribution in [3.05, 3.63) is 118 Å². The third kappa shape index (κ3) is 12.2. The molecule has 0 unspecified atom stereocenters. The van der Waals surface area contributed by atoms with E-state index in [4.69, 9.17) is 4.42 Å². The molecule has 1 radical (unpaired) electrons. The Morgan fingerprint density at radius 1 is 0.781 bits per heavy atom. The third-order valence-electron chi connectivity index (χ3n) is 14.0. The topological polar surface area (TPSA) is 19.6 Å². The number of allylic oxidation sites excluding steroid dienone is 12. The lowest BCUT2D eigenvalue weighted by atomic mass is 9.52. The zero-order valence-corrected chi connectivity index (χ0v) is 44.5. The Morgan fingerprint density at radius 3 is 1.89 bits per heavy atom. The van der Waals surface area contributed by atoms with Crippen molar-refractivity contribution in [2.24, 2.45) is 27.6 Å². The van der Waals surface area contributed by atoms with Crippen LogP contribution in [0.5, 0.6) is 0 Å². The fourth-order valence-corrected chi connectivity index (χ4v) is 10.1. The first-order valence-electron chi connectivity index (χ1n) is 25.1. The van der Waals surface area contributed by atoms with Crippen LogP contribution in [0.25, 0.3) is 11.0 Å². The molecule has 0 amide bonds. The van der Waals surface area contributed by atoms with Gasteiger partial charge in [-0.3, -0.25) is 0 Å². The number of hydrogen-bond donors (Lipinski definition) is 0. The number of fused-ring (bicyclic) bond motifs is 5. The minimum atomic E-state index is -0.0293. The Morgan fingerprint density at radius 2 is 1.36 bits per heavy atom. The molecular formula is C60H90BN2O. The van der Waals surface area contributed by atoms with E-state index < -0.39 is 0 Å². The van der Waals surface area contributed by atoms with Gasteiger partial charge in [0.15, 0.2) is 0 Å². The average Bonchev–Trinajstić information content (AvgIpc) is 3.52. The molecular weight excluding hydrogens is 775 g/mol. The van der Waals surface area contributed by atoms with Gasteiger partial charge in [0.1, 0.15) is 5.58 Å². The monoisotopic (exact) mass is 866 g/mol. The van der Waals surface area contributed by atoms with E-state index in [1.165, 1.54) is 81.6 Å². The number of benzene rings is 1. The standard InChI is InChI=1S/C60H90BN2O/c1-20-24-44-30-38-63(45(29-33-56(9,10)11)27-23-32-55(6,7)8)53-46-40-49-50(60(19)36-34-59(49,18)35-37-60)41-52(46)64-54(53)61-51(28-22-26-42(3)4)43(5)62(44)39-31-48(58(15,16)17)47(25-21-2)57(12,13)14/h20,22-25,27-31,40-42H,21,26,32-39H2,1-19H3/b24-20-,27-23-,28-22-,44-30+,45-29+,47-25+,48-31+,51-43-. The molecule has 1 aromatic heterocycles. The van der Waals surface area contributed by atoms with Crippen molar-refractivity contribution in [1.29, 1.82) is 0 Å². The van der Waals surface area contributed by atoms with Crippen LogP contribution in [0.1, 0.15) is 194 Å². The second-order valence-electron chi connectivity index (χ2n) is 25.1. The van der Waals surface area contributed by atoms with Gasteiger partial charge in [-0.2, -0.15) is 0 Å². The van der Waals surface area contributed by atoms with E-state index in [0.717, 1.165) is 43.5 Å². The molecule has 4 heteroatoms. The fraction of sp³-hybridized carbons (Fsp3) is 0.600. The zero-order chi connectivity index (χ0) is 47.6. The molecule has 0 spiro atoms. The number of nitrogens with zero attached hydrogens (tertiary/aromatic N) is 2.